The summed E-state index contributed by atoms with van der Waals surface area (Å²) < 4.78 is 0. The van der Waals surface area contributed by atoms with Gasteiger partial charge in [0, 0.05) is 23.3 Å². The van der Waals surface area contributed by atoms with Crippen LogP contribution in [-0.4, -0.2) is 25.7 Å². The van der Waals surface area contributed by atoms with Crippen LogP contribution in [0, 0.1) is 6.92 Å². The Bertz CT molecular complexity index is 378. The van der Waals surface area contributed by atoms with Gasteiger partial charge in [0.2, 0.25) is 0 Å². The zero-order valence-electron chi connectivity index (χ0n) is 10.7. The molecule has 1 aliphatic heterocycles. The molecule has 1 aromatic carbocycles. The smallest absolute Gasteiger partial charge is 0.0455 e. The monoisotopic (exact) mass is 252 g/mol. The van der Waals surface area contributed by atoms with E-state index in [9.17, 15) is 0 Å². The fourth-order valence-electron chi connectivity index (χ4n) is 2.33. The van der Waals surface area contributed by atoms with Crippen molar-refractivity contribution in [1.29, 1.82) is 0 Å². The van der Waals surface area contributed by atoms with E-state index in [2.05, 4.69) is 35.3 Å². The van der Waals surface area contributed by atoms with Crippen LogP contribution in [-0.2, 0) is 0 Å². The molecule has 1 N–H and O–H groups in total. The molecule has 0 saturated carbocycles. The average molecular weight is 253 g/mol. The summed E-state index contributed by atoms with van der Waals surface area (Å²) in [5, 5.41) is 4.33. The van der Waals surface area contributed by atoms with E-state index in [4.69, 9.17) is 11.6 Å². The Hall–Kier alpha value is -0.730. The minimum absolute atomic E-state index is 0.571. The molecular weight excluding hydrogens is 232 g/mol. The van der Waals surface area contributed by atoms with Gasteiger partial charge in [-0.15, -0.1) is 0 Å². The predicted octanol–water partition coefficient (Wildman–Crippen LogP) is 3.23. The largest absolute Gasteiger partial charge is 0.369 e. The first-order valence-corrected chi connectivity index (χ1v) is 6.80. The molecule has 2 rings (SSSR count). The van der Waals surface area contributed by atoms with Crippen molar-refractivity contribution in [3.63, 3.8) is 0 Å². The van der Waals surface area contributed by atoms with Crippen LogP contribution < -0.4 is 10.2 Å². The minimum Gasteiger partial charge on any atom is -0.369 e. The lowest BCUT2D eigenvalue weighted by molar-refractivity contribution is 0.499. The number of nitrogens with zero attached hydrogens (tertiary/aromatic N) is 1. The maximum absolute atomic E-state index is 6.21. The van der Waals surface area contributed by atoms with Crippen LogP contribution in [0.2, 0.25) is 5.02 Å². The first-order valence-electron chi connectivity index (χ1n) is 6.42. The SMILES string of the molecule is Cc1ccc(N2CCCNCCC2C)cc1Cl. The van der Waals surface area contributed by atoms with Crippen molar-refractivity contribution < 1.29 is 0 Å². The van der Waals surface area contributed by atoms with Crippen molar-refractivity contribution in [3.8, 4) is 0 Å². The van der Waals surface area contributed by atoms with Gasteiger partial charge in [-0.3, -0.25) is 0 Å². The molecule has 0 amide bonds. The highest BCUT2D eigenvalue weighted by atomic mass is 35.5. The Balaban J connectivity index is 2.19. The molecular formula is C14H21ClN2. The third-order valence-corrected chi connectivity index (χ3v) is 3.92. The molecule has 1 heterocycles. The molecule has 0 bridgehead atoms. The van der Waals surface area contributed by atoms with E-state index in [1.807, 2.05) is 6.92 Å². The van der Waals surface area contributed by atoms with Gasteiger partial charge in [0.25, 0.3) is 0 Å². The fraction of sp³-hybridized carbons (Fsp3) is 0.571. The number of hydrogen-bond acceptors (Lipinski definition) is 2. The number of aryl methyl sites for hydroxylation is 1. The van der Waals surface area contributed by atoms with E-state index in [0.717, 1.165) is 30.2 Å². The lowest BCUT2D eigenvalue weighted by atomic mass is 10.1. The van der Waals surface area contributed by atoms with Gasteiger partial charge >= 0.3 is 0 Å². The van der Waals surface area contributed by atoms with Crippen molar-refractivity contribution in [2.24, 2.45) is 0 Å². The molecule has 1 aliphatic rings. The lowest BCUT2D eigenvalue weighted by Crippen LogP contribution is -2.40. The van der Waals surface area contributed by atoms with Crippen LogP contribution in [0.1, 0.15) is 25.3 Å². The second-order valence-corrected chi connectivity index (χ2v) is 5.28. The summed E-state index contributed by atoms with van der Waals surface area (Å²) >= 11 is 6.21. The molecule has 0 aliphatic carbocycles. The van der Waals surface area contributed by atoms with E-state index >= 15 is 0 Å². The van der Waals surface area contributed by atoms with Gasteiger partial charge in [-0.1, -0.05) is 17.7 Å². The Morgan fingerprint density at radius 2 is 2.18 bits per heavy atom. The normalized spacial score (nSPS) is 22.1. The molecule has 0 spiro atoms. The maximum Gasteiger partial charge on any atom is 0.0455 e. The molecule has 17 heavy (non-hydrogen) atoms. The van der Waals surface area contributed by atoms with Gasteiger partial charge in [0.15, 0.2) is 0 Å². The zero-order valence-corrected chi connectivity index (χ0v) is 11.4. The quantitative estimate of drug-likeness (QED) is 0.826. The second kappa shape index (κ2) is 5.74. The third kappa shape index (κ3) is 3.14. The molecule has 3 heteroatoms. The topological polar surface area (TPSA) is 15.3 Å². The average Bonchev–Trinajstić information content (AvgIpc) is 2.28. The van der Waals surface area contributed by atoms with Crippen LogP contribution in [0.15, 0.2) is 18.2 Å². The summed E-state index contributed by atoms with van der Waals surface area (Å²) in [6.45, 7) is 7.67. The van der Waals surface area contributed by atoms with Crippen molar-refractivity contribution in [3.05, 3.63) is 28.8 Å². The van der Waals surface area contributed by atoms with Crippen LogP contribution in [0.25, 0.3) is 0 Å². The van der Waals surface area contributed by atoms with Crippen molar-refractivity contribution in [2.45, 2.75) is 32.7 Å². The third-order valence-electron chi connectivity index (χ3n) is 3.51. The Morgan fingerprint density at radius 3 is 2.94 bits per heavy atom. The second-order valence-electron chi connectivity index (χ2n) is 4.87. The number of hydrogen-bond donors (Lipinski definition) is 1. The van der Waals surface area contributed by atoms with Crippen LogP contribution in [0.4, 0.5) is 5.69 Å². The highest BCUT2D eigenvalue weighted by Crippen LogP contribution is 2.25. The number of benzene rings is 1. The van der Waals surface area contributed by atoms with Crippen molar-refractivity contribution in [2.75, 3.05) is 24.5 Å². The van der Waals surface area contributed by atoms with Gasteiger partial charge in [0.05, 0.1) is 0 Å². The Kier molecular flexibility index (Phi) is 4.30. The lowest BCUT2D eigenvalue weighted by Gasteiger charge is -2.33. The number of anilines is 1. The van der Waals surface area contributed by atoms with Gasteiger partial charge < -0.3 is 10.2 Å². The fourth-order valence-corrected chi connectivity index (χ4v) is 2.51. The summed E-state index contributed by atoms with van der Waals surface area (Å²) in [5.74, 6) is 0. The highest BCUT2D eigenvalue weighted by Gasteiger charge is 2.16. The van der Waals surface area contributed by atoms with Crippen molar-refractivity contribution >= 4 is 17.3 Å². The van der Waals surface area contributed by atoms with Gasteiger partial charge in [0.1, 0.15) is 0 Å². The summed E-state index contributed by atoms with van der Waals surface area (Å²) in [6.07, 6.45) is 2.38. The first-order chi connectivity index (χ1) is 8.18. The van der Waals surface area contributed by atoms with E-state index < -0.39 is 0 Å². The summed E-state index contributed by atoms with van der Waals surface area (Å²) in [6, 6.07) is 6.97. The molecule has 1 fully saturated rings. The molecule has 1 unspecified atom stereocenters. The molecule has 2 nitrogen and oxygen atoms in total. The van der Waals surface area contributed by atoms with Gasteiger partial charge in [-0.05, 0) is 57.5 Å². The van der Waals surface area contributed by atoms with Crippen LogP contribution >= 0.6 is 11.6 Å². The van der Waals surface area contributed by atoms with Crippen LogP contribution in [0.3, 0.4) is 0 Å². The summed E-state index contributed by atoms with van der Waals surface area (Å²) in [5.41, 5.74) is 2.41. The summed E-state index contributed by atoms with van der Waals surface area (Å²) in [4.78, 5) is 2.48. The maximum atomic E-state index is 6.21. The molecule has 0 aromatic heterocycles. The minimum atomic E-state index is 0.571. The molecule has 1 saturated heterocycles. The summed E-state index contributed by atoms with van der Waals surface area (Å²) in [7, 11) is 0. The van der Waals surface area contributed by atoms with E-state index in [1.165, 1.54) is 18.5 Å². The molecule has 0 radical (unpaired) electrons. The van der Waals surface area contributed by atoms with E-state index in [-0.39, 0.29) is 0 Å². The number of nitrogens with one attached hydrogen (secondary N) is 1. The Labute approximate surface area is 109 Å². The molecule has 1 atom stereocenters. The Morgan fingerprint density at radius 1 is 1.35 bits per heavy atom. The van der Waals surface area contributed by atoms with E-state index in [0.29, 0.717) is 6.04 Å². The first kappa shape index (κ1) is 12.7. The van der Waals surface area contributed by atoms with Crippen LogP contribution in [0.5, 0.6) is 0 Å². The zero-order chi connectivity index (χ0) is 12.3. The van der Waals surface area contributed by atoms with Gasteiger partial charge in [-0.25, -0.2) is 0 Å². The standard InChI is InChI=1S/C14H21ClN2/c1-11-4-5-13(10-14(11)15)17-9-3-7-16-8-6-12(17)2/h4-5,10,12,16H,3,6-9H2,1-2H3. The van der Waals surface area contributed by atoms with E-state index in [1.54, 1.807) is 0 Å². The highest BCUT2D eigenvalue weighted by molar-refractivity contribution is 6.31. The van der Waals surface area contributed by atoms with Crippen molar-refractivity contribution in [1.82, 2.24) is 5.32 Å². The number of rotatable bonds is 1. The predicted molar refractivity (Wildman–Crippen MR) is 75.1 cm³/mol. The molecule has 94 valence electrons. The number of halogens is 1. The molecule has 1 aromatic rings. The van der Waals surface area contributed by atoms with Gasteiger partial charge in [-0.2, -0.15) is 0 Å².